The largest absolute Gasteiger partial charge is 0.383 e. The zero-order chi connectivity index (χ0) is 23.8. The standard InChI is InChI=1S/C27H24N6O/c1-16-17(2)24(33-15-32-21-11-7-13-31-27(21)33)20(14-18-8-4-3-5-9-18)23(22(16)26(29)34)19-10-6-12-30-25(19)28/h3-13,15H,14H2,1-2H3,(H2,28,30)(H2,29,34). The molecule has 2 aromatic carbocycles. The van der Waals surface area contributed by atoms with Crippen LogP contribution in [0, 0.1) is 13.8 Å². The third-order valence-corrected chi connectivity index (χ3v) is 6.26. The summed E-state index contributed by atoms with van der Waals surface area (Å²) in [6.45, 7) is 3.91. The predicted octanol–water partition coefficient (Wildman–Crippen LogP) is 4.37. The molecule has 0 spiro atoms. The summed E-state index contributed by atoms with van der Waals surface area (Å²) >= 11 is 0. The minimum atomic E-state index is -0.506. The smallest absolute Gasteiger partial charge is 0.249 e. The Kier molecular flexibility index (Phi) is 5.30. The van der Waals surface area contributed by atoms with Crippen LogP contribution in [0.2, 0.25) is 0 Å². The van der Waals surface area contributed by atoms with Crippen molar-refractivity contribution in [2.45, 2.75) is 20.3 Å². The average molecular weight is 449 g/mol. The number of nitrogens with two attached hydrogens (primary N) is 2. The van der Waals surface area contributed by atoms with Crippen molar-refractivity contribution in [2.24, 2.45) is 5.73 Å². The number of hydrogen-bond acceptors (Lipinski definition) is 5. The number of nitrogen functional groups attached to an aromatic ring is 1. The zero-order valence-corrected chi connectivity index (χ0v) is 19.0. The number of anilines is 1. The first-order valence-corrected chi connectivity index (χ1v) is 11.0. The summed E-state index contributed by atoms with van der Waals surface area (Å²) in [5, 5.41) is 0. The van der Waals surface area contributed by atoms with Gasteiger partial charge < -0.3 is 11.5 Å². The Morgan fingerprint density at radius 2 is 1.65 bits per heavy atom. The van der Waals surface area contributed by atoms with Crippen LogP contribution in [0.3, 0.4) is 0 Å². The number of fused-ring (bicyclic) bond motifs is 1. The molecule has 0 atom stereocenters. The van der Waals surface area contributed by atoms with Crippen molar-refractivity contribution in [1.29, 1.82) is 0 Å². The number of benzene rings is 2. The van der Waals surface area contributed by atoms with Crippen LogP contribution < -0.4 is 11.5 Å². The molecule has 0 unspecified atom stereocenters. The van der Waals surface area contributed by atoms with E-state index in [1.54, 1.807) is 18.7 Å². The van der Waals surface area contributed by atoms with Gasteiger partial charge >= 0.3 is 0 Å². The third-order valence-electron chi connectivity index (χ3n) is 6.26. The van der Waals surface area contributed by atoms with E-state index in [0.29, 0.717) is 28.9 Å². The van der Waals surface area contributed by atoms with Gasteiger partial charge in [0.25, 0.3) is 0 Å². The topological polar surface area (TPSA) is 113 Å². The van der Waals surface area contributed by atoms with Crippen molar-refractivity contribution in [1.82, 2.24) is 19.5 Å². The molecule has 1 amide bonds. The van der Waals surface area contributed by atoms with E-state index in [4.69, 9.17) is 11.5 Å². The number of imidazole rings is 1. The lowest BCUT2D eigenvalue weighted by Crippen LogP contribution is -2.19. The second-order valence-electron chi connectivity index (χ2n) is 8.25. The molecular weight excluding hydrogens is 424 g/mol. The molecule has 0 saturated heterocycles. The first-order valence-electron chi connectivity index (χ1n) is 11.0. The molecule has 3 heterocycles. The van der Waals surface area contributed by atoms with Crippen LogP contribution in [-0.2, 0) is 6.42 Å². The SMILES string of the molecule is Cc1c(C)c(-n2cnc3cccnc32)c(Cc2ccccc2)c(-c2cccnc2N)c1C(N)=O. The summed E-state index contributed by atoms with van der Waals surface area (Å²) < 4.78 is 1.98. The fourth-order valence-corrected chi connectivity index (χ4v) is 4.59. The van der Waals surface area contributed by atoms with Crippen molar-refractivity contribution in [3.8, 4) is 16.8 Å². The van der Waals surface area contributed by atoms with Gasteiger partial charge in [-0.25, -0.2) is 15.0 Å². The van der Waals surface area contributed by atoms with Gasteiger partial charge in [-0.15, -0.1) is 0 Å². The molecule has 7 nitrogen and oxygen atoms in total. The highest BCUT2D eigenvalue weighted by Gasteiger charge is 2.27. The van der Waals surface area contributed by atoms with Crippen molar-refractivity contribution in [3.63, 3.8) is 0 Å². The van der Waals surface area contributed by atoms with Gasteiger partial charge in [-0.05, 0) is 60.4 Å². The van der Waals surface area contributed by atoms with E-state index >= 15 is 0 Å². The molecule has 3 aromatic heterocycles. The number of rotatable bonds is 5. The van der Waals surface area contributed by atoms with Crippen LogP contribution >= 0.6 is 0 Å². The number of aromatic nitrogens is 4. The second-order valence-corrected chi connectivity index (χ2v) is 8.25. The van der Waals surface area contributed by atoms with Gasteiger partial charge in [0.1, 0.15) is 17.7 Å². The molecule has 0 aliphatic carbocycles. The number of pyridine rings is 2. The Hall–Kier alpha value is -4.52. The Morgan fingerprint density at radius 3 is 2.38 bits per heavy atom. The fraction of sp³-hybridized carbons (Fsp3) is 0.111. The van der Waals surface area contributed by atoms with Gasteiger partial charge in [0, 0.05) is 29.9 Å². The van der Waals surface area contributed by atoms with Crippen LogP contribution in [0.15, 0.2) is 73.3 Å². The summed E-state index contributed by atoms with van der Waals surface area (Å²) in [7, 11) is 0. The number of carbonyl (C=O) groups excluding carboxylic acids is 1. The molecule has 7 heteroatoms. The quantitative estimate of drug-likeness (QED) is 0.414. The minimum absolute atomic E-state index is 0.335. The molecule has 5 aromatic rings. The van der Waals surface area contributed by atoms with E-state index in [0.717, 1.165) is 39.1 Å². The molecule has 0 aliphatic rings. The Balaban J connectivity index is 1.95. The number of amides is 1. The first kappa shape index (κ1) is 21.3. The molecule has 5 rings (SSSR count). The Labute approximate surface area is 197 Å². The molecule has 168 valence electrons. The first-order chi connectivity index (χ1) is 16.5. The van der Waals surface area contributed by atoms with Crippen molar-refractivity contribution < 1.29 is 4.79 Å². The van der Waals surface area contributed by atoms with Gasteiger partial charge in [0.15, 0.2) is 5.65 Å². The summed E-state index contributed by atoms with van der Waals surface area (Å²) in [5.74, 6) is -0.171. The Bertz CT molecular complexity index is 1540. The lowest BCUT2D eigenvalue weighted by molar-refractivity contribution is 0.1000. The van der Waals surface area contributed by atoms with E-state index in [9.17, 15) is 4.79 Å². The lowest BCUT2D eigenvalue weighted by atomic mass is 9.84. The van der Waals surface area contributed by atoms with Crippen LogP contribution in [0.25, 0.3) is 28.0 Å². The summed E-state index contributed by atoms with van der Waals surface area (Å²) in [5.41, 5.74) is 20.2. The second kappa shape index (κ2) is 8.44. The number of primary amides is 1. The predicted molar refractivity (Wildman–Crippen MR) is 134 cm³/mol. The van der Waals surface area contributed by atoms with Crippen LogP contribution in [0.5, 0.6) is 0 Å². The van der Waals surface area contributed by atoms with Gasteiger partial charge in [-0.3, -0.25) is 9.36 Å². The minimum Gasteiger partial charge on any atom is -0.383 e. The van der Waals surface area contributed by atoms with Crippen molar-refractivity contribution in [3.05, 3.63) is 101 Å². The molecular formula is C27H24N6O. The highest BCUT2D eigenvalue weighted by molar-refractivity contribution is 6.05. The Morgan fingerprint density at radius 1 is 0.912 bits per heavy atom. The maximum atomic E-state index is 12.8. The molecule has 34 heavy (non-hydrogen) atoms. The molecule has 0 radical (unpaired) electrons. The van der Waals surface area contributed by atoms with Crippen LogP contribution in [-0.4, -0.2) is 25.4 Å². The van der Waals surface area contributed by atoms with Gasteiger partial charge in [-0.1, -0.05) is 30.3 Å². The number of nitrogens with zero attached hydrogens (tertiary/aromatic N) is 4. The zero-order valence-electron chi connectivity index (χ0n) is 19.0. The van der Waals surface area contributed by atoms with Gasteiger partial charge in [0.05, 0.1) is 11.3 Å². The van der Waals surface area contributed by atoms with E-state index in [1.807, 2.05) is 60.9 Å². The van der Waals surface area contributed by atoms with Gasteiger partial charge in [0.2, 0.25) is 5.91 Å². The van der Waals surface area contributed by atoms with E-state index in [2.05, 4.69) is 27.1 Å². The van der Waals surface area contributed by atoms with E-state index in [-0.39, 0.29) is 0 Å². The van der Waals surface area contributed by atoms with Crippen LogP contribution in [0.1, 0.15) is 32.6 Å². The molecule has 0 fully saturated rings. The molecule has 4 N–H and O–H groups in total. The third kappa shape index (κ3) is 3.47. The molecule has 0 aliphatic heterocycles. The molecule has 0 bridgehead atoms. The van der Waals surface area contributed by atoms with E-state index in [1.165, 1.54) is 0 Å². The number of carbonyl (C=O) groups is 1. The van der Waals surface area contributed by atoms with Gasteiger partial charge in [-0.2, -0.15) is 0 Å². The van der Waals surface area contributed by atoms with Crippen molar-refractivity contribution in [2.75, 3.05) is 5.73 Å². The monoisotopic (exact) mass is 448 g/mol. The summed E-state index contributed by atoms with van der Waals surface area (Å²) in [4.78, 5) is 26.3. The average Bonchev–Trinajstić information content (AvgIpc) is 3.26. The highest BCUT2D eigenvalue weighted by Crippen LogP contribution is 2.40. The fourth-order valence-electron chi connectivity index (χ4n) is 4.59. The summed E-state index contributed by atoms with van der Waals surface area (Å²) in [6.07, 6.45) is 5.70. The van der Waals surface area contributed by atoms with Crippen LogP contribution in [0.4, 0.5) is 5.82 Å². The maximum absolute atomic E-state index is 12.8. The maximum Gasteiger partial charge on any atom is 0.249 e. The normalized spacial score (nSPS) is 11.1. The lowest BCUT2D eigenvalue weighted by Gasteiger charge is -2.24. The highest BCUT2D eigenvalue weighted by atomic mass is 16.1. The summed E-state index contributed by atoms with van der Waals surface area (Å²) in [6, 6.07) is 17.6. The molecule has 0 saturated carbocycles. The van der Waals surface area contributed by atoms with Crippen molar-refractivity contribution >= 4 is 22.9 Å². The van der Waals surface area contributed by atoms with E-state index < -0.39 is 5.91 Å². The number of hydrogen-bond donors (Lipinski definition) is 2.